The Kier molecular flexibility index (Phi) is 9.42. The zero-order chi connectivity index (χ0) is 23.8. The number of thiocarbonyl (C=S) groups is 1. The average molecular weight is 491 g/mol. The first kappa shape index (κ1) is 25.4. The molecule has 1 amide bonds. The number of carbonyl (C=O) groups excluding carboxylic acids is 1. The second-order valence-electron chi connectivity index (χ2n) is 7.77. The number of nitrogens with one attached hydrogen (secondary N) is 1. The number of aliphatic hydroxyl groups is 1. The van der Waals surface area contributed by atoms with Crippen LogP contribution in [0.5, 0.6) is 0 Å². The fourth-order valence-electron chi connectivity index (χ4n) is 3.45. The molecule has 8 nitrogen and oxygen atoms in total. The molecule has 0 saturated carbocycles. The van der Waals surface area contributed by atoms with Crippen molar-refractivity contribution >= 4 is 51.7 Å². The largest absolute Gasteiger partial charge is 0.394 e. The van der Waals surface area contributed by atoms with Crippen LogP contribution in [-0.2, 0) is 9.53 Å². The average Bonchev–Trinajstić information content (AvgIpc) is 3.06. The van der Waals surface area contributed by atoms with Crippen molar-refractivity contribution in [3.63, 3.8) is 0 Å². The monoisotopic (exact) mass is 490 g/mol. The summed E-state index contributed by atoms with van der Waals surface area (Å²) in [5.41, 5.74) is 1.46. The van der Waals surface area contributed by atoms with Gasteiger partial charge in [-0.3, -0.25) is 18.9 Å². The molecule has 0 bridgehead atoms. The number of aryl methyl sites for hydroxylation is 1. The Hall–Kier alpha value is -2.27. The molecule has 3 heterocycles. The number of unbranched alkanes of at least 4 members (excludes halogenated alkanes) is 3. The lowest BCUT2D eigenvalue weighted by atomic mass is 10.2. The summed E-state index contributed by atoms with van der Waals surface area (Å²) in [6, 6.07) is 3.67. The Morgan fingerprint density at radius 2 is 2.06 bits per heavy atom. The second kappa shape index (κ2) is 12.3. The fourth-order valence-corrected chi connectivity index (χ4v) is 4.74. The number of carbonyl (C=O) groups is 1. The zero-order valence-corrected chi connectivity index (χ0v) is 20.6. The highest BCUT2D eigenvalue weighted by Gasteiger charge is 2.32. The van der Waals surface area contributed by atoms with Crippen molar-refractivity contribution in [3.8, 4) is 0 Å². The standard InChI is InChI=1S/C23H30N4O4S2/c1-3-4-5-6-10-26-22(30)18(33-23(26)32)14-17-20(24-9-12-31-13-11-28)25-19-8-7-16(2)15-27(19)21(17)29/h7-8,14-15,24,28H,3-6,9-13H2,1-2H3. The highest BCUT2D eigenvalue weighted by molar-refractivity contribution is 8.26. The van der Waals surface area contributed by atoms with E-state index < -0.39 is 0 Å². The molecule has 10 heteroatoms. The van der Waals surface area contributed by atoms with Crippen molar-refractivity contribution in [3.05, 3.63) is 44.7 Å². The van der Waals surface area contributed by atoms with E-state index in [9.17, 15) is 9.59 Å². The molecule has 0 unspecified atom stereocenters. The lowest BCUT2D eigenvalue weighted by Gasteiger charge is -2.14. The van der Waals surface area contributed by atoms with Crippen LogP contribution < -0.4 is 10.9 Å². The zero-order valence-electron chi connectivity index (χ0n) is 19.0. The third-order valence-electron chi connectivity index (χ3n) is 5.16. The molecule has 0 aliphatic carbocycles. The normalized spacial score (nSPS) is 15.2. The van der Waals surface area contributed by atoms with Gasteiger partial charge in [-0.25, -0.2) is 4.98 Å². The summed E-state index contributed by atoms with van der Waals surface area (Å²) < 4.78 is 7.29. The summed E-state index contributed by atoms with van der Waals surface area (Å²) in [6.07, 6.45) is 7.52. The molecule has 1 aliphatic rings. The summed E-state index contributed by atoms with van der Waals surface area (Å²) in [5, 5.41) is 12.0. The van der Waals surface area contributed by atoms with Gasteiger partial charge in [0.05, 0.1) is 30.3 Å². The minimum absolute atomic E-state index is 0.0551. The molecular formula is C23H30N4O4S2. The van der Waals surface area contributed by atoms with Crippen molar-refractivity contribution in [2.75, 3.05) is 38.2 Å². The van der Waals surface area contributed by atoms with E-state index in [-0.39, 0.29) is 24.7 Å². The number of fused-ring (bicyclic) bond motifs is 1. The number of nitrogens with zero attached hydrogens (tertiary/aromatic N) is 3. The van der Waals surface area contributed by atoms with Crippen LogP contribution in [0.2, 0.25) is 0 Å². The Labute approximate surface area is 203 Å². The molecule has 1 aliphatic heterocycles. The van der Waals surface area contributed by atoms with Gasteiger partial charge in [0.2, 0.25) is 0 Å². The number of amides is 1. The van der Waals surface area contributed by atoms with Crippen LogP contribution in [0.25, 0.3) is 11.7 Å². The SMILES string of the molecule is CCCCCCN1C(=O)C(=Cc2c(NCCOCCO)nc3ccc(C)cn3c2=O)SC1=S. The molecule has 178 valence electrons. The number of hydrogen-bond acceptors (Lipinski definition) is 8. The third-order valence-corrected chi connectivity index (χ3v) is 6.54. The number of pyridine rings is 1. The maximum Gasteiger partial charge on any atom is 0.267 e. The van der Waals surface area contributed by atoms with Gasteiger partial charge < -0.3 is 15.2 Å². The van der Waals surface area contributed by atoms with Crippen LogP contribution >= 0.6 is 24.0 Å². The van der Waals surface area contributed by atoms with E-state index in [4.69, 9.17) is 22.1 Å². The Balaban J connectivity index is 1.91. The molecule has 2 aromatic heterocycles. The van der Waals surface area contributed by atoms with Gasteiger partial charge in [-0.05, 0) is 31.1 Å². The van der Waals surface area contributed by atoms with Crippen LogP contribution in [0, 0.1) is 6.92 Å². The number of rotatable bonds is 12. The third kappa shape index (κ3) is 6.41. The van der Waals surface area contributed by atoms with Crippen LogP contribution in [0.15, 0.2) is 28.0 Å². The maximum absolute atomic E-state index is 13.3. The summed E-state index contributed by atoms with van der Waals surface area (Å²) in [6.45, 7) is 5.55. The topological polar surface area (TPSA) is 96.2 Å². The van der Waals surface area contributed by atoms with Crippen molar-refractivity contribution in [1.29, 1.82) is 0 Å². The minimum atomic E-state index is -0.268. The van der Waals surface area contributed by atoms with Crippen molar-refractivity contribution in [2.24, 2.45) is 0 Å². The van der Waals surface area contributed by atoms with Gasteiger partial charge in [0.25, 0.3) is 11.5 Å². The van der Waals surface area contributed by atoms with Gasteiger partial charge in [-0.1, -0.05) is 56.2 Å². The van der Waals surface area contributed by atoms with Crippen LogP contribution in [0.4, 0.5) is 5.82 Å². The quantitative estimate of drug-likeness (QED) is 0.266. The maximum atomic E-state index is 13.3. The molecule has 0 aromatic carbocycles. The molecule has 1 saturated heterocycles. The Morgan fingerprint density at radius 3 is 2.82 bits per heavy atom. The first-order valence-corrected chi connectivity index (χ1v) is 12.4. The van der Waals surface area contributed by atoms with E-state index in [0.717, 1.165) is 31.2 Å². The molecule has 2 aromatic rings. The molecule has 2 N–H and O–H groups in total. The van der Waals surface area contributed by atoms with Gasteiger partial charge in [-0.2, -0.15) is 0 Å². The Morgan fingerprint density at radius 1 is 1.24 bits per heavy atom. The molecule has 0 radical (unpaired) electrons. The molecule has 33 heavy (non-hydrogen) atoms. The molecule has 0 atom stereocenters. The first-order chi connectivity index (χ1) is 16.0. The number of hydrogen-bond donors (Lipinski definition) is 2. The van der Waals surface area contributed by atoms with E-state index in [0.29, 0.717) is 46.0 Å². The number of aliphatic hydroxyl groups excluding tert-OH is 1. The molecule has 0 spiro atoms. The van der Waals surface area contributed by atoms with Crippen LogP contribution in [0.3, 0.4) is 0 Å². The fraction of sp³-hybridized carbons (Fsp3) is 0.478. The molecule has 1 fully saturated rings. The van der Waals surface area contributed by atoms with E-state index in [1.807, 2.05) is 13.0 Å². The molecular weight excluding hydrogens is 460 g/mol. The van der Waals surface area contributed by atoms with E-state index >= 15 is 0 Å². The summed E-state index contributed by atoms with van der Waals surface area (Å²) in [4.78, 5) is 33.0. The smallest absolute Gasteiger partial charge is 0.267 e. The van der Waals surface area contributed by atoms with Gasteiger partial charge in [0, 0.05) is 19.3 Å². The van der Waals surface area contributed by atoms with Gasteiger partial charge >= 0.3 is 0 Å². The van der Waals surface area contributed by atoms with Gasteiger partial charge in [0.1, 0.15) is 15.8 Å². The summed E-state index contributed by atoms with van der Waals surface area (Å²) in [5.74, 6) is 0.206. The van der Waals surface area contributed by atoms with E-state index in [2.05, 4.69) is 17.2 Å². The number of thioether (sulfide) groups is 1. The predicted molar refractivity (Wildman–Crippen MR) is 137 cm³/mol. The van der Waals surface area contributed by atoms with Gasteiger partial charge in [-0.15, -0.1) is 0 Å². The van der Waals surface area contributed by atoms with Crippen molar-refractivity contribution in [2.45, 2.75) is 39.5 Å². The lowest BCUT2D eigenvalue weighted by Crippen LogP contribution is -2.29. The summed E-state index contributed by atoms with van der Waals surface area (Å²) in [7, 11) is 0. The van der Waals surface area contributed by atoms with Crippen LogP contribution in [-0.4, -0.2) is 62.5 Å². The highest BCUT2D eigenvalue weighted by atomic mass is 32.2. The lowest BCUT2D eigenvalue weighted by molar-refractivity contribution is -0.122. The number of aromatic nitrogens is 2. The van der Waals surface area contributed by atoms with Crippen LogP contribution in [0.1, 0.15) is 43.7 Å². The van der Waals surface area contributed by atoms with E-state index in [1.54, 1.807) is 23.2 Å². The molecule has 3 rings (SSSR count). The minimum Gasteiger partial charge on any atom is -0.394 e. The highest BCUT2D eigenvalue weighted by Crippen LogP contribution is 2.33. The van der Waals surface area contributed by atoms with Gasteiger partial charge in [0.15, 0.2) is 0 Å². The summed E-state index contributed by atoms with van der Waals surface area (Å²) >= 11 is 6.65. The number of ether oxygens (including phenoxy) is 1. The first-order valence-electron chi connectivity index (χ1n) is 11.2. The second-order valence-corrected chi connectivity index (χ2v) is 9.45. The van der Waals surface area contributed by atoms with Crippen molar-refractivity contribution < 1.29 is 14.6 Å². The van der Waals surface area contributed by atoms with E-state index in [1.165, 1.54) is 16.2 Å². The number of anilines is 1. The van der Waals surface area contributed by atoms with Crippen molar-refractivity contribution in [1.82, 2.24) is 14.3 Å². The predicted octanol–water partition coefficient (Wildman–Crippen LogP) is 3.21. The Bertz CT molecular complexity index is 1100.